The highest BCUT2D eigenvalue weighted by molar-refractivity contribution is 14.1. The fourth-order valence-electron chi connectivity index (χ4n) is 1.94. The SMILES string of the molecule is Cc1c(CN)cccc1S(=O)(=O)Nc1ccc(Cl)cc1I. The third-order valence-corrected chi connectivity index (χ3v) is 5.72. The molecule has 0 unspecified atom stereocenters. The number of hydrogen-bond acceptors (Lipinski definition) is 3. The van der Waals surface area contributed by atoms with Gasteiger partial charge in [-0.15, -0.1) is 0 Å². The van der Waals surface area contributed by atoms with E-state index in [1.807, 2.05) is 28.7 Å². The maximum absolute atomic E-state index is 12.5. The van der Waals surface area contributed by atoms with E-state index in [9.17, 15) is 8.42 Å². The molecule has 0 bridgehead atoms. The molecule has 2 rings (SSSR count). The number of hydrogen-bond donors (Lipinski definition) is 2. The zero-order chi connectivity index (χ0) is 15.6. The van der Waals surface area contributed by atoms with E-state index in [1.165, 1.54) is 0 Å². The third kappa shape index (κ3) is 3.68. The van der Waals surface area contributed by atoms with Gasteiger partial charge in [-0.3, -0.25) is 4.72 Å². The smallest absolute Gasteiger partial charge is 0.262 e. The minimum absolute atomic E-state index is 0.233. The standard InChI is InChI=1S/C14H14ClIN2O2S/c1-9-10(8-17)3-2-4-14(9)21(19,20)18-13-6-5-11(15)7-12(13)16/h2-7,18H,8,17H2,1H3. The van der Waals surface area contributed by atoms with Crippen molar-refractivity contribution in [2.45, 2.75) is 18.4 Å². The van der Waals surface area contributed by atoms with Crippen LogP contribution in [0.5, 0.6) is 0 Å². The molecule has 0 saturated heterocycles. The van der Waals surface area contributed by atoms with Crippen molar-refractivity contribution in [1.82, 2.24) is 0 Å². The van der Waals surface area contributed by atoms with Gasteiger partial charge in [0.1, 0.15) is 0 Å². The van der Waals surface area contributed by atoms with Crippen LogP contribution in [-0.4, -0.2) is 8.42 Å². The molecule has 0 saturated carbocycles. The quantitative estimate of drug-likeness (QED) is 0.721. The first-order valence-corrected chi connectivity index (χ1v) is 9.05. The highest BCUT2D eigenvalue weighted by Gasteiger charge is 2.19. The van der Waals surface area contributed by atoms with Crippen LogP contribution >= 0.6 is 34.2 Å². The Morgan fingerprint density at radius 3 is 2.62 bits per heavy atom. The molecule has 2 aromatic rings. The predicted octanol–water partition coefficient (Wildman–Crippen LogP) is 3.51. The summed E-state index contributed by atoms with van der Waals surface area (Å²) in [5.41, 5.74) is 7.60. The van der Waals surface area contributed by atoms with Crippen molar-refractivity contribution in [2.24, 2.45) is 5.73 Å². The molecule has 2 aromatic carbocycles. The van der Waals surface area contributed by atoms with E-state index in [2.05, 4.69) is 4.72 Å². The Bertz CT molecular complexity index is 779. The van der Waals surface area contributed by atoms with Gasteiger partial charge in [-0.25, -0.2) is 8.42 Å². The number of halogens is 2. The van der Waals surface area contributed by atoms with Crippen molar-refractivity contribution < 1.29 is 8.42 Å². The number of rotatable bonds is 4. The maximum Gasteiger partial charge on any atom is 0.262 e. The fourth-order valence-corrected chi connectivity index (χ4v) is 4.50. The molecular formula is C14H14ClIN2O2S. The first-order chi connectivity index (χ1) is 9.85. The Labute approximate surface area is 142 Å². The van der Waals surface area contributed by atoms with Crippen molar-refractivity contribution in [3.05, 3.63) is 56.1 Å². The minimum Gasteiger partial charge on any atom is -0.326 e. The van der Waals surface area contributed by atoms with Crippen molar-refractivity contribution in [2.75, 3.05) is 4.72 Å². The zero-order valence-corrected chi connectivity index (χ0v) is 15.0. The molecule has 0 fully saturated rings. The molecule has 112 valence electrons. The van der Waals surface area contributed by atoms with Crippen LogP contribution in [0.25, 0.3) is 0 Å². The first kappa shape index (κ1) is 16.5. The van der Waals surface area contributed by atoms with E-state index in [-0.39, 0.29) is 4.90 Å². The molecule has 0 aliphatic rings. The van der Waals surface area contributed by atoms with E-state index >= 15 is 0 Å². The van der Waals surface area contributed by atoms with Gasteiger partial charge in [0, 0.05) is 15.1 Å². The Morgan fingerprint density at radius 2 is 2.00 bits per heavy atom. The lowest BCUT2D eigenvalue weighted by Crippen LogP contribution is -2.16. The van der Waals surface area contributed by atoms with Crippen LogP contribution in [0.15, 0.2) is 41.3 Å². The third-order valence-electron chi connectivity index (χ3n) is 3.08. The number of benzene rings is 2. The summed E-state index contributed by atoms with van der Waals surface area (Å²) in [6, 6.07) is 10.1. The number of nitrogens with two attached hydrogens (primary N) is 1. The number of anilines is 1. The van der Waals surface area contributed by atoms with Gasteiger partial charge in [0.05, 0.1) is 10.6 Å². The molecule has 0 spiro atoms. The van der Waals surface area contributed by atoms with Crippen LogP contribution < -0.4 is 10.5 Å². The second-order valence-corrected chi connectivity index (χ2v) is 7.72. The highest BCUT2D eigenvalue weighted by atomic mass is 127. The van der Waals surface area contributed by atoms with Gasteiger partial charge in [0.15, 0.2) is 0 Å². The zero-order valence-electron chi connectivity index (χ0n) is 11.2. The molecule has 4 nitrogen and oxygen atoms in total. The Balaban J connectivity index is 2.43. The largest absolute Gasteiger partial charge is 0.326 e. The van der Waals surface area contributed by atoms with Gasteiger partial charge in [-0.1, -0.05) is 23.7 Å². The monoisotopic (exact) mass is 436 g/mol. The van der Waals surface area contributed by atoms with Gasteiger partial charge < -0.3 is 5.73 Å². The molecule has 7 heteroatoms. The van der Waals surface area contributed by atoms with Gasteiger partial charge in [0.25, 0.3) is 10.0 Å². The van der Waals surface area contributed by atoms with E-state index < -0.39 is 10.0 Å². The Hall–Kier alpha value is -0.830. The van der Waals surface area contributed by atoms with Crippen LogP contribution in [0.2, 0.25) is 5.02 Å². The van der Waals surface area contributed by atoms with Gasteiger partial charge in [-0.2, -0.15) is 0 Å². The lowest BCUT2D eigenvalue weighted by Gasteiger charge is -2.13. The lowest BCUT2D eigenvalue weighted by atomic mass is 10.1. The average molecular weight is 437 g/mol. The molecule has 0 aromatic heterocycles. The summed E-state index contributed by atoms with van der Waals surface area (Å²) in [6.07, 6.45) is 0. The van der Waals surface area contributed by atoms with Gasteiger partial charge in [0.2, 0.25) is 0 Å². The molecule has 3 N–H and O–H groups in total. The molecule has 21 heavy (non-hydrogen) atoms. The van der Waals surface area contributed by atoms with Crippen LogP contribution in [0, 0.1) is 10.5 Å². The minimum atomic E-state index is -3.67. The normalized spacial score (nSPS) is 11.4. The number of sulfonamides is 1. The molecule has 0 aliphatic carbocycles. The molecular weight excluding hydrogens is 423 g/mol. The summed E-state index contributed by atoms with van der Waals surface area (Å²) in [4.78, 5) is 0.233. The van der Waals surface area contributed by atoms with Gasteiger partial charge >= 0.3 is 0 Å². The second-order valence-electron chi connectivity index (χ2n) is 4.47. The van der Waals surface area contributed by atoms with Crippen LogP contribution in [0.1, 0.15) is 11.1 Å². The van der Waals surface area contributed by atoms with Crippen LogP contribution in [0.4, 0.5) is 5.69 Å². The molecule has 0 radical (unpaired) electrons. The summed E-state index contributed by atoms with van der Waals surface area (Å²) in [6.45, 7) is 2.05. The van der Waals surface area contributed by atoms with Crippen LogP contribution in [0.3, 0.4) is 0 Å². The lowest BCUT2D eigenvalue weighted by molar-refractivity contribution is 0.600. The summed E-state index contributed by atoms with van der Waals surface area (Å²) < 4.78 is 28.4. The second kappa shape index (κ2) is 6.51. The Kier molecular flexibility index (Phi) is 5.13. The molecule has 0 atom stereocenters. The summed E-state index contributed by atoms with van der Waals surface area (Å²) in [5.74, 6) is 0. The van der Waals surface area contributed by atoms with E-state index in [4.69, 9.17) is 17.3 Å². The fraction of sp³-hybridized carbons (Fsp3) is 0.143. The molecule has 0 heterocycles. The van der Waals surface area contributed by atoms with Gasteiger partial charge in [-0.05, 0) is 64.9 Å². The predicted molar refractivity (Wildman–Crippen MR) is 94.0 cm³/mol. The summed E-state index contributed by atoms with van der Waals surface area (Å²) in [5, 5.41) is 0.559. The topological polar surface area (TPSA) is 72.2 Å². The summed E-state index contributed by atoms with van der Waals surface area (Å²) >= 11 is 7.91. The van der Waals surface area contributed by atoms with E-state index in [1.54, 1.807) is 37.3 Å². The number of nitrogens with one attached hydrogen (secondary N) is 1. The first-order valence-electron chi connectivity index (χ1n) is 6.11. The van der Waals surface area contributed by atoms with E-state index in [0.29, 0.717) is 22.8 Å². The van der Waals surface area contributed by atoms with Crippen molar-refractivity contribution in [3.63, 3.8) is 0 Å². The van der Waals surface area contributed by atoms with Crippen molar-refractivity contribution >= 4 is 49.9 Å². The highest BCUT2D eigenvalue weighted by Crippen LogP contribution is 2.26. The van der Waals surface area contributed by atoms with E-state index in [0.717, 1.165) is 9.13 Å². The van der Waals surface area contributed by atoms with Crippen molar-refractivity contribution in [3.8, 4) is 0 Å². The maximum atomic E-state index is 12.5. The average Bonchev–Trinajstić information content (AvgIpc) is 2.42. The molecule has 0 aliphatic heterocycles. The van der Waals surface area contributed by atoms with Crippen LogP contribution in [-0.2, 0) is 16.6 Å². The summed E-state index contributed by atoms with van der Waals surface area (Å²) in [7, 11) is -3.67. The van der Waals surface area contributed by atoms with Crippen molar-refractivity contribution in [1.29, 1.82) is 0 Å². The molecule has 0 amide bonds. The Morgan fingerprint density at radius 1 is 1.29 bits per heavy atom.